The molecule has 0 radical (unpaired) electrons. The van der Waals surface area contributed by atoms with Crippen molar-refractivity contribution in [1.82, 2.24) is 14.9 Å². The summed E-state index contributed by atoms with van der Waals surface area (Å²) in [6, 6.07) is 4.85. The Hall–Kier alpha value is -2.88. The second kappa shape index (κ2) is 7.79. The number of ether oxygens (including phenoxy) is 1. The van der Waals surface area contributed by atoms with Crippen LogP contribution in [0.15, 0.2) is 28.2 Å². The van der Waals surface area contributed by atoms with Crippen LogP contribution in [0, 0.1) is 13.8 Å². The topological polar surface area (TPSA) is 129 Å². The molecule has 25 heavy (non-hydrogen) atoms. The van der Waals surface area contributed by atoms with Gasteiger partial charge in [0.05, 0.1) is 18.4 Å². The molecule has 0 atom stereocenters. The van der Waals surface area contributed by atoms with E-state index in [4.69, 9.17) is 5.84 Å². The van der Waals surface area contributed by atoms with Gasteiger partial charge in [-0.15, -0.1) is 10.2 Å². The van der Waals surface area contributed by atoms with Crippen LogP contribution in [0.25, 0.3) is 0 Å². The molecule has 1 aromatic heterocycles. The van der Waals surface area contributed by atoms with Crippen molar-refractivity contribution in [3.63, 3.8) is 0 Å². The first-order valence-electron chi connectivity index (χ1n) is 7.16. The average Bonchev–Trinajstić information content (AvgIpc) is 2.60. The van der Waals surface area contributed by atoms with E-state index in [9.17, 15) is 14.4 Å². The number of anilines is 1. The van der Waals surface area contributed by atoms with E-state index < -0.39 is 11.5 Å². The number of thioether (sulfide) groups is 1. The lowest BCUT2D eigenvalue weighted by atomic mass is 10.1. The van der Waals surface area contributed by atoms with Crippen molar-refractivity contribution in [2.75, 3.05) is 24.0 Å². The Bertz CT molecular complexity index is 881. The third-order valence-electron chi connectivity index (χ3n) is 3.29. The van der Waals surface area contributed by atoms with Crippen molar-refractivity contribution in [1.29, 1.82) is 0 Å². The highest BCUT2D eigenvalue weighted by Crippen LogP contribution is 2.19. The molecule has 0 unspecified atom stereocenters. The number of hydrogen-bond acceptors (Lipinski definition) is 8. The molecule has 0 aliphatic heterocycles. The second-order valence-corrected chi connectivity index (χ2v) is 6.04. The number of amides is 1. The zero-order chi connectivity index (χ0) is 18.6. The van der Waals surface area contributed by atoms with Crippen LogP contribution >= 0.6 is 11.8 Å². The van der Waals surface area contributed by atoms with Crippen LogP contribution in [0.1, 0.15) is 21.6 Å². The number of benzene rings is 1. The molecule has 0 aliphatic rings. The molecule has 0 saturated heterocycles. The van der Waals surface area contributed by atoms with Gasteiger partial charge in [-0.05, 0) is 31.5 Å². The van der Waals surface area contributed by atoms with Crippen LogP contribution in [-0.4, -0.2) is 39.6 Å². The summed E-state index contributed by atoms with van der Waals surface area (Å²) >= 11 is 0.979. The summed E-state index contributed by atoms with van der Waals surface area (Å²) in [6.45, 7) is 3.30. The molecule has 0 saturated carbocycles. The Morgan fingerprint density at radius 1 is 1.32 bits per heavy atom. The van der Waals surface area contributed by atoms with E-state index >= 15 is 0 Å². The van der Waals surface area contributed by atoms with Gasteiger partial charge >= 0.3 is 5.97 Å². The Labute approximate surface area is 147 Å². The largest absolute Gasteiger partial charge is 0.465 e. The maximum Gasteiger partial charge on any atom is 0.337 e. The van der Waals surface area contributed by atoms with Gasteiger partial charge in [-0.3, -0.25) is 9.59 Å². The lowest BCUT2D eigenvalue weighted by Gasteiger charge is -2.10. The number of hydrogen-bond donors (Lipinski definition) is 2. The number of carbonyl (C=O) groups excluding carboxylic acids is 2. The van der Waals surface area contributed by atoms with Crippen molar-refractivity contribution < 1.29 is 14.3 Å². The van der Waals surface area contributed by atoms with E-state index in [-0.39, 0.29) is 22.5 Å². The minimum atomic E-state index is -0.494. The van der Waals surface area contributed by atoms with Gasteiger partial charge in [0, 0.05) is 5.69 Å². The standard InChI is InChI=1S/C15H17N5O4S/c1-8-4-5-10(14(23)24-3)6-11(8)17-12(21)7-25-15-19-18-9(2)13(22)20(15)16/h4-6H,7,16H2,1-3H3,(H,17,21). The van der Waals surface area contributed by atoms with Gasteiger partial charge in [-0.2, -0.15) is 4.68 Å². The van der Waals surface area contributed by atoms with Gasteiger partial charge in [0.25, 0.3) is 5.56 Å². The lowest BCUT2D eigenvalue weighted by molar-refractivity contribution is -0.113. The third kappa shape index (κ3) is 4.35. The van der Waals surface area contributed by atoms with Crippen LogP contribution in [0.4, 0.5) is 5.69 Å². The molecular weight excluding hydrogens is 346 g/mol. The highest BCUT2D eigenvalue weighted by molar-refractivity contribution is 7.99. The van der Waals surface area contributed by atoms with Crippen molar-refractivity contribution in [3.05, 3.63) is 45.4 Å². The molecule has 0 spiro atoms. The van der Waals surface area contributed by atoms with E-state index in [0.717, 1.165) is 22.0 Å². The van der Waals surface area contributed by atoms with E-state index in [0.29, 0.717) is 11.3 Å². The fourth-order valence-electron chi connectivity index (χ4n) is 1.89. The normalized spacial score (nSPS) is 10.4. The fourth-order valence-corrected chi connectivity index (χ4v) is 2.54. The number of methoxy groups -OCH3 is 1. The minimum Gasteiger partial charge on any atom is -0.465 e. The van der Waals surface area contributed by atoms with Gasteiger partial charge in [0.2, 0.25) is 11.1 Å². The number of nitrogen functional groups attached to an aromatic ring is 1. The summed E-state index contributed by atoms with van der Waals surface area (Å²) in [5.41, 5.74) is 1.31. The predicted octanol–water partition coefficient (Wildman–Crippen LogP) is 0.486. The Kier molecular flexibility index (Phi) is 5.75. The first-order chi connectivity index (χ1) is 11.8. The monoisotopic (exact) mass is 363 g/mol. The molecule has 0 fully saturated rings. The number of nitrogens with one attached hydrogen (secondary N) is 1. The maximum absolute atomic E-state index is 12.1. The molecule has 1 amide bonds. The summed E-state index contributed by atoms with van der Waals surface area (Å²) < 4.78 is 5.51. The Morgan fingerprint density at radius 3 is 2.72 bits per heavy atom. The zero-order valence-electron chi connectivity index (χ0n) is 13.9. The number of rotatable bonds is 5. The van der Waals surface area contributed by atoms with Gasteiger partial charge < -0.3 is 15.9 Å². The molecule has 10 heteroatoms. The van der Waals surface area contributed by atoms with Gasteiger partial charge in [0.1, 0.15) is 5.69 Å². The molecule has 3 N–H and O–H groups in total. The van der Waals surface area contributed by atoms with Crippen molar-refractivity contribution in [3.8, 4) is 0 Å². The number of nitrogens with zero attached hydrogens (tertiary/aromatic N) is 3. The summed E-state index contributed by atoms with van der Waals surface area (Å²) in [5.74, 6) is 4.74. The van der Waals surface area contributed by atoms with Crippen LogP contribution < -0.4 is 16.7 Å². The van der Waals surface area contributed by atoms with E-state index in [2.05, 4.69) is 20.3 Å². The van der Waals surface area contributed by atoms with Gasteiger partial charge in [-0.1, -0.05) is 17.8 Å². The highest BCUT2D eigenvalue weighted by Gasteiger charge is 2.13. The Morgan fingerprint density at radius 2 is 2.04 bits per heavy atom. The van der Waals surface area contributed by atoms with Crippen LogP contribution in [0.3, 0.4) is 0 Å². The quantitative estimate of drug-likeness (QED) is 0.446. The van der Waals surface area contributed by atoms with E-state index in [1.54, 1.807) is 19.1 Å². The van der Waals surface area contributed by atoms with E-state index in [1.807, 2.05) is 0 Å². The summed E-state index contributed by atoms with van der Waals surface area (Å²) in [5, 5.41) is 10.3. The zero-order valence-corrected chi connectivity index (χ0v) is 14.7. The highest BCUT2D eigenvalue weighted by atomic mass is 32.2. The number of aryl methyl sites for hydroxylation is 2. The molecular formula is C15H17N5O4S. The number of carbonyl (C=O) groups is 2. The summed E-state index contributed by atoms with van der Waals surface area (Å²) in [6.07, 6.45) is 0. The molecule has 0 bridgehead atoms. The number of aromatic nitrogens is 3. The lowest BCUT2D eigenvalue weighted by Crippen LogP contribution is -2.32. The van der Waals surface area contributed by atoms with Crippen molar-refractivity contribution >= 4 is 29.3 Å². The third-order valence-corrected chi connectivity index (χ3v) is 4.23. The molecule has 132 valence electrons. The molecule has 2 rings (SSSR count). The second-order valence-electron chi connectivity index (χ2n) is 5.10. The molecule has 1 aromatic carbocycles. The first kappa shape index (κ1) is 18.5. The smallest absolute Gasteiger partial charge is 0.337 e. The Balaban J connectivity index is 2.07. The summed E-state index contributed by atoms with van der Waals surface area (Å²) in [4.78, 5) is 35.4. The van der Waals surface area contributed by atoms with Crippen LogP contribution in [0.2, 0.25) is 0 Å². The molecule has 2 aromatic rings. The van der Waals surface area contributed by atoms with Crippen molar-refractivity contribution in [2.24, 2.45) is 0 Å². The summed E-state index contributed by atoms with van der Waals surface area (Å²) in [7, 11) is 1.28. The van der Waals surface area contributed by atoms with E-state index in [1.165, 1.54) is 20.1 Å². The number of esters is 1. The maximum atomic E-state index is 12.1. The average molecular weight is 363 g/mol. The van der Waals surface area contributed by atoms with Crippen molar-refractivity contribution in [2.45, 2.75) is 19.0 Å². The number of nitrogens with two attached hydrogens (primary N) is 1. The molecule has 1 heterocycles. The SMILES string of the molecule is COC(=O)c1ccc(C)c(NC(=O)CSc2nnc(C)c(=O)n2N)c1. The predicted molar refractivity (Wildman–Crippen MR) is 93.1 cm³/mol. The van der Waals surface area contributed by atoms with Gasteiger partial charge in [-0.25, -0.2) is 4.79 Å². The van der Waals surface area contributed by atoms with Crippen LogP contribution in [0.5, 0.6) is 0 Å². The molecule has 0 aliphatic carbocycles. The fraction of sp³-hybridized carbons (Fsp3) is 0.267. The van der Waals surface area contributed by atoms with Crippen LogP contribution in [-0.2, 0) is 9.53 Å². The first-order valence-corrected chi connectivity index (χ1v) is 8.15. The van der Waals surface area contributed by atoms with Gasteiger partial charge in [0.15, 0.2) is 0 Å². The minimum absolute atomic E-state index is 0.0315. The molecule has 9 nitrogen and oxygen atoms in total.